The van der Waals surface area contributed by atoms with E-state index in [1.165, 1.54) is 16.7 Å². The molecule has 2 aromatic rings. The first-order valence-electron chi connectivity index (χ1n) is 7.56. The van der Waals surface area contributed by atoms with E-state index in [4.69, 9.17) is 10.5 Å². The van der Waals surface area contributed by atoms with Crippen LogP contribution in [0.5, 0.6) is 5.75 Å². The second-order valence-corrected chi connectivity index (χ2v) is 5.49. The molecule has 3 heteroatoms. The molecule has 0 saturated heterocycles. The van der Waals surface area contributed by atoms with Gasteiger partial charge in [-0.25, -0.2) is 0 Å². The summed E-state index contributed by atoms with van der Waals surface area (Å²) in [5.74, 6) is 0.945. The van der Waals surface area contributed by atoms with E-state index in [-0.39, 0.29) is 0 Å². The molecule has 0 aliphatic carbocycles. The zero-order chi connectivity index (χ0) is 14.5. The molecule has 21 heavy (non-hydrogen) atoms. The molecule has 3 rings (SSSR count). The van der Waals surface area contributed by atoms with Gasteiger partial charge < -0.3 is 10.5 Å². The summed E-state index contributed by atoms with van der Waals surface area (Å²) in [4.78, 5) is 2.45. The topological polar surface area (TPSA) is 38.5 Å². The molecule has 0 saturated carbocycles. The number of nitrogens with two attached hydrogens (primary N) is 1. The smallest absolute Gasteiger partial charge is 0.119 e. The van der Waals surface area contributed by atoms with E-state index < -0.39 is 0 Å². The van der Waals surface area contributed by atoms with Crippen LogP contribution < -0.4 is 10.5 Å². The Morgan fingerprint density at radius 2 is 1.90 bits per heavy atom. The Morgan fingerprint density at radius 3 is 2.71 bits per heavy atom. The minimum Gasteiger partial charge on any atom is -0.492 e. The second kappa shape index (κ2) is 6.74. The van der Waals surface area contributed by atoms with Crippen molar-refractivity contribution in [3.05, 3.63) is 65.2 Å². The summed E-state index contributed by atoms with van der Waals surface area (Å²) in [6, 6.07) is 16.6. The Bertz CT molecular complexity index is 583. The third-order valence-corrected chi connectivity index (χ3v) is 4.02. The highest BCUT2D eigenvalue weighted by Gasteiger charge is 2.16. The number of para-hydroxylation sites is 1. The van der Waals surface area contributed by atoms with Crippen molar-refractivity contribution >= 4 is 0 Å². The van der Waals surface area contributed by atoms with Crippen LogP contribution in [0.1, 0.15) is 16.7 Å². The van der Waals surface area contributed by atoms with Gasteiger partial charge in [0.2, 0.25) is 0 Å². The van der Waals surface area contributed by atoms with E-state index in [1.807, 2.05) is 30.3 Å². The first-order valence-corrected chi connectivity index (χ1v) is 7.56. The third-order valence-electron chi connectivity index (χ3n) is 4.02. The number of hydrogen-bond acceptors (Lipinski definition) is 3. The van der Waals surface area contributed by atoms with E-state index in [0.29, 0.717) is 6.54 Å². The molecule has 0 bridgehead atoms. The highest BCUT2D eigenvalue weighted by atomic mass is 16.5. The summed E-state index contributed by atoms with van der Waals surface area (Å²) in [6.07, 6.45) is 1.12. The van der Waals surface area contributed by atoms with Crippen LogP contribution in [0.25, 0.3) is 0 Å². The van der Waals surface area contributed by atoms with Gasteiger partial charge in [0.25, 0.3) is 0 Å². The van der Waals surface area contributed by atoms with Crippen LogP contribution in [0.3, 0.4) is 0 Å². The SMILES string of the molecule is NCc1ccc2c(c1)CN(CCOc1ccccc1)CC2. The molecule has 110 valence electrons. The van der Waals surface area contributed by atoms with Gasteiger partial charge in [0, 0.05) is 26.2 Å². The fourth-order valence-corrected chi connectivity index (χ4v) is 2.80. The van der Waals surface area contributed by atoms with Crippen LogP contribution in [0.4, 0.5) is 0 Å². The van der Waals surface area contributed by atoms with Crippen LogP contribution in [0, 0.1) is 0 Å². The predicted octanol–water partition coefficient (Wildman–Crippen LogP) is 2.58. The van der Waals surface area contributed by atoms with Crippen molar-refractivity contribution in [2.75, 3.05) is 19.7 Å². The van der Waals surface area contributed by atoms with Crippen molar-refractivity contribution in [3.63, 3.8) is 0 Å². The standard InChI is InChI=1S/C18H22N2O/c19-13-15-6-7-16-8-9-20(14-17(16)12-15)10-11-21-18-4-2-1-3-5-18/h1-7,12H,8-11,13-14,19H2. The molecule has 1 aliphatic heterocycles. The number of fused-ring (bicyclic) bond motifs is 1. The Labute approximate surface area is 126 Å². The molecule has 1 aliphatic rings. The molecule has 0 unspecified atom stereocenters. The summed E-state index contributed by atoms with van der Waals surface area (Å²) in [7, 11) is 0. The molecule has 2 aromatic carbocycles. The summed E-state index contributed by atoms with van der Waals surface area (Å²) in [5, 5.41) is 0. The average molecular weight is 282 g/mol. The molecule has 3 nitrogen and oxygen atoms in total. The Morgan fingerprint density at radius 1 is 1.05 bits per heavy atom. The molecular formula is C18H22N2O. The average Bonchev–Trinajstić information content (AvgIpc) is 2.55. The van der Waals surface area contributed by atoms with E-state index in [0.717, 1.165) is 38.4 Å². The molecule has 1 heterocycles. The van der Waals surface area contributed by atoms with E-state index in [1.54, 1.807) is 0 Å². The molecule has 0 fully saturated rings. The van der Waals surface area contributed by atoms with Crippen LogP contribution in [-0.2, 0) is 19.5 Å². The molecular weight excluding hydrogens is 260 g/mol. The zero-order valence-corrected chi connectivity index (χ0v) is 12.3. The molecule has 2 N–H and O–H groups in total. The number of hydrogen-bond donors (Lipinski definition) is 1. The minimum absolute atomic E-state index is 0.615. The Kier molecular flexibility index (Phi) is 4.53. The van der Waals surface area contributed by atoms with Crippen LogP contribution in [0.15, 0.2) is 48.5 Å². The van der Waals surface area contributed by atoms with Crippen molar-refractivity contribution in [2.24, 2.45) is 5.73 Å². The maximum Gasteiger partial charge on any atom is 0.119 e. The van der Waals surface area contributed by atoms with E-state index in [9.17, 15) is 0 Å². The number of nitrogens with zero attached hydrogens (tertiary/aromatic N) is 1. The quantitative estimate of drug-likeness (QED) is 0.916. The van der Waals surface area contributed by atoms with Crippen molar-refractivity contribution < 1.29 is 4.74 Å². The van der Waals surface area contributed by atoms with Gasteiger partial charge >= 0.3 is 0 Å². The van der Waals surface area contributed by atoms with Crippen LogP contribution >= 0.6 is 0 Å². The van der Waals surface area contributed by atoms with Gasteiger partial charge in [0.1, 0.15) is 12.4 Å². The van der Waals surface area contributed by atoms with Gasteiger partial charge in [-0.3, -0.25) is 4.90 Å². The summed E-state index contributed by atoms with van der Waals surface area (Å²) in [5.41, 5.74) is 9.83. The monoisotopic (exact) mass is 282 g/mol. The molecule has 0 radical (unpaired) electrons. The van der Waals surface area contributed by atoms with Crippen molar-refractivity contribution in [1.29, 1.82) is 0 Å². The van der Waals surface area contributed by atoms with Crippen LogP contribution in [-0.4, -0.2) is 24.6 Å². The lowest BCUT2D eigenvalue weighted by Gasteiger charge is -2.29. The van der Waals surface area contributed by atoms with Crippen LogP contribution in [0.2, 0.25) is 0 Å². The number of ether oxygens (including phenoxy) is 1. The maximum absolute atomic E-state index is 5.78. The first-order chi connectivity index (χ1) is 10.3. The number of rotatable bonds is 5. The fraction of sp³-hybridized carbons (Fsp3) is 0.333. The molecule has 0 amide bonds. The summed E-state index contributed by atoms with van der Waals surface area (Å²) < 4.78 is 5.78. The normalized spacial score (nSPS) is 14.7. The lowest BCUT2D eigenvalue weighted by molar-refractivity contribution is 0.196. The summed E-state index contributed by atoms with van der Waals surface area (Å²) >= 11 is 0. The fourth-order valence-electron chi connectivity index (χ4n) is 2.80. The minimum atomic E-state index is 0.615. The highest BCUT2D eigenvalue weighted by molar-refractivity contribution is 5.33. The van der Waals surface area contributed by atoms with Gasteiger partial charge in [-0.05, 0) is 35.2 Å². The Hall–Kier alpha value is -1.84. The Balaban J connectivity index is 1.54. The van der Waals surface area contributed by atoms with Crippen molar-refractivity contribution in [2.45, 2.75) is 19.5 Å². The second-order valence-electron chi connectivity index (χ2n) is 5.49. The van der Waals surface area contributed by atoms with Crippen molar-refractivity contribution in [1.82, 2.24) is 4.90 Å². The third kappa shape index (κ3) is 3.63. The summed E-state index contributed by atoms with van der Waals surface area (Å²) in [6.45, 7) is 4.41. The largest absolute Gasteiger partial charge is 0.492 e. The number of benzene rings is 2. The van der Waals surface area contributed by atoms with Gasteiger partial charge in [-0.1, -0.05) is 36.4 Å². The molecule has 0 atom stereocenters. The maximum atomic E-state index is 5.78. The molecule has 0 aromatic heterocycles. The zero-order valence-electron chi connectivity index (χ0n) is 12.3. The first kappa shape index (κ1) is 14.1. The van der Waals surface area contributed by atoms with E-state index in [2.05, 4.69) is 23.1 Å². The molecule has 0 spiro atoms. The highest BCUT2D eigenvalue weighted by Crippen LogP contribution is 2.20. The van der Waals surface area contributed by atoms with Gasteiger partial charge in [0.15, 0.2) is 0 Å². The van der Waals surface area contributed by atoms with Gasteiger partial charge in [-0.15, -0.1) is 0 Å². The predicted molar refractivity (Wildman–Crippen MR) is 85.3 cm³/mol. The van der Waals surface area contributed by atoms with Gasteiger partial charge in [-0.2, -0.15) is 0 Å². The lowest BCUT2D eigenvalue weighted by atomic mass is 9.97. The van der Waals surface area contributed by atoms with Crippen molar-refractivity contribution in [3.8, 4) is 5.75 Å². The van der Waals surface area contributed by atoms with Gasteiger partial charge in [0.05, 0.1) is 0 Å². The van der Waals surface area contributed by atoms with E-state index >= 15 is 0 Å². The lowest BCUT2D eigenvalue weighted by Crippen LogP contribution is -2.33.